The van der Waals surface area contributed by atoms with Crippen LogP contribution < -0.4 is 10.1 Å². The number of aromatic nitrogens is 2. The van der Waals surface area contributed by atoms with Gasteiger partial charge in [0.15, 0.2) is 0 Å². The number of para-hydroxylation sites is 1. The molecule has 1 aromatic carbocycles. The number of imidazole rings is 1. The predicted molar refractivity (Wildman–Crippen MR) is 96.6 cm³/mol. The summed E-state index contributed by atoms with van der Waals surface area (Å²) in [4.78, 5) is 4.21. The van der Waals surface area contributed by atoms with Crippen molar-refractivity contribution >= 4 is 0 Å². The number of hydrogen-bond acceptors (Lipinski definition) is 4. The molecule has 0 bridgehead atoms. The van der Waals surface area contributed by atoms with E-state index in [9.17, 15) is 0 Å². The van der Waals surface area contributed by atoms with Gasteiger partial charge in [-0.1, -0.05) is 18.2 Å². The highest BCUT2D eigenvalue weighted by atomic mass is 16.5. The van der Waals surface area contributed by atoms with Crippen LogP contribution in [-0.4, -0.2) is 27.8 Å². The van der Waals surface area contributed by atoms with E-state index in [1.165, 1.54) is 11.1 Å². The fraction of sp³-hybridized carbons (Fsp3) is 0.550. The van der Waals surface area contributed by atoms with Gasteiger partial charge in [-0.25, -0.2) is 4.98 Å². The van der Waals surface area contributed by atoms with Crippen LogP contribution in [-0.2, 0) is 24.8 Å². The first-order valence-electron chi connectivity index (χ1n) is 9.13. The van der Waals surface area contributed by atoms with Crippen LogP contribution in [0.4, 0.5) is 0 Å². The van der Waals surface area contributed by atoms with Gasteiger partial charge in [0.1, 0.15) is 17.5 Å². The molecule has 0 radical (unpaired) electrons. The number of ether oxygens (including phenoxy) is 2. The van der Waals surface area contributed by atoms with Crippen molar-refractivity contribution in [3.05, 3.63) is 47.5 Å². The molecule has 0 amide bonds. The minimum atomic E-state index is -0.0955. The molecular formula is C20H27N3O2. The molecule has 0 unspecified atom stereocenters. The number of rotatable bonds is 4. The molecule has 1 fully saturated rings. The fourth-order valence-electron chi connectivity index (χ4n) is 3.94. The van der Waals surface area contributed by atoms with Crippen LogP contribution in [0.5, 0.6) is 5.75 Å². The van der Waals surface area contributed by atoms with Gasteiger partial charge in [-0.05, 0) is 32.3 Å². The molecule has 3 heterocycles. The predicted octanol–water partition coefficient (Wildman–Crippen LogP) is 3.14. The van der Waals surface area contributed by atoms with Crippen LogP contribution in [0.15, 0.2) is 30.7 Å². The second-order valence-electron chi connectivity index (χ2n) is 7.83. The Hall–Kier alpha value is -1.85. The van der Waals surface area contributed by atoms with Crippen molar-refractivity contribution in [2.75, 3.05) is 6.61 Å². The second kappa shape index (κ2) is 6.46. The van der Waals surface area contributed by atoms with Crippen molar-refractivity contribution in [2.45, 2.75) is 57.4 Å². The largest absolute Gasteiger partial charge is 0.487 e. The molecule has 1 saturated heterocycles. The number of nitrogens with zero attached hydrogens (tertiary/aromatic N) is 2. The summed E-state index contributed by atoms with van der Waals surface area (Å²) in [6.45, 7) is 5.92. The topological polar surface area (TPSA) is 48.3 Å². The first-order valence-corrected chi connectivity index (χ1v) is 9.13. The Balaban J connectivity index is 1.41. The Labute approximate surface area is 149 Å². The van der Waals surface area contributed by atoms with E-state index in [0.717, 1.165) is 43.9 Å². The van der Waals surface area contributed by atoms with Gasteiger partial charge in [-0.15, -0.1) is 0 Å². The molecule has 0 spiro atoms. The van der Waals surface area contributed by atoms with Gasteiger partial charge in [-0.3, -0.25) is 0 Å². The van der Waals surface area contributed by atoms with E-state index in [4.69, 9.17) is 9.47 Å². The molecule has 25 heavy (non-hydrogen) atoms. The maximum Gasteiger partial charge on any atom is 0.127 e. The zero-order valence-electron chi connectivity index (χ0n) is 15.3. The molecule has 5 heteroatoms. The summed E-state index contributed by atoms with van der Waals surface area (Å²) in [7, 11) is 2.02. The minimum absolute atomic E-state index is 0.0955. The molecule has 2 aliphatic rings. The molecule has 1 N–H and O–H groups in total. The maximum atomic E-state index is 6.18. The van der Waals surface area contributed by atoms with E-state index in [-0.39, 0.29) is 11.7 Å². The zero-order chi connectivity index (χ0) is 17.4. The van der Waals surface area contributed by atoms with Crippen LogP contribution >= 0.6 is 0 Å². The molecule has 5 nitrogen and oxygen atoms in total. The Morgan fingerprint density at radius 3 is 3.04 bits per heavy atom. The molecule has 4 rings (SSSR count). The first kappa shape index (κ1) is 16.6. The molecule has 1 aromatic heterocycles. The van der Waals surface area contributed by atoms with E-state index in [0.29, 0.717) is 6.04 Å². The van der Waals surface area contributed by atoms with Gasteiger partial charge in [-0.2, -0.15) is 0 Å². The number of aryl methyl sites for hydroxylation is 1. The third-order valence-electron chi connectivity index (χ3n) is 5.22. The fourth-order valence-corrected chi connectivity index (χ4v) is 3.94. The van der Waals surface area contributed by atoms with Gasteiger partial charge >= 0.3 is 0 Å². The van der Waals surface area contributed by atoms with Crippen molar-refractivity contribution in [1.29, 1.82) is 0 Å². The van der Waals surface area contributed by atoms with Crippen molar-refractivity contribution < 1.29 is 9.47 Å². The van der Waals surface area contributed by atoms with E-state index < -0.39 is 0 Å². The van der Waals surface area contributed by atoms with E-state index >= 15 is 0 Å². The lowest BCUT2D eigenvalue weighted by Gasteiger charge is -2.30. The quantitative estimate of drug-likeness (QED) is 0.928. The lowest BCUT2D eigenvalue weighted by atomic mass is 9.99. The number of fused-ring (bicyclic) bond motifs is 1. The summed E-state index contributed by atoms with van der Waals surface area (Å²) in [6.07, 6.45) is 6.86. The van der Waals surface area contributed by atoms with Crippen LogP contribution in [0.3, 0.4) is 0 Å². The Morgan fingerprint density at radius 2 is 2.24 bits per heavy atom. The van der Waals surface area contributed by atoms with Gasteiger partial charge in [0.2, 0.25) is 0 Å². The first-order chi connectivity index (χ1) is 12.0. The summed E-state index contributed by atoms with van der Waals surface area (Å²) in [5, 5.41) is 3.72. The molecule has 0 aliphatic carbocycles. The zero-order valence-corrected chi connectivity index (χ0v) is 15.3. The van der Waals surface area contributed by atoms with E-state index in [2.05, 4.69) is 42.3 Å². The van der Waals surface area contributed by atoms with Gasteiger partial charge in [0.25, 0.3) is 0 Å². The lowest BCUT2D eigenvalue weighted by Crippen LogP contribution is -2.36. The van der Waals surface area contributed by atoms with Gasteiger partial charge < -0.3 is 19.4 Å². The van der Waals surface area contributed by atoms with Crippen molar-refractivity contribution in [2.24, 2.45) is 7.05 Å². The van der Waals surface area contributed by atoms with Gasteiger partial charge in [0.05, 0.1) is 18.2 Å². The van der Waals surface area contributed by atoms with E-state index in [1.54, 1.807) is 0 Å². The van der Waals surface area contributed by atoms with Crippen LogP contribution in [0, 0.1) is 0 Å². The van der Waals surface area contributed by atoms with Crippen LogP contribution in [0.2, 0.25) is 0 Å². The van der Waals surface area contributed by atoms with Crippen molar-refractivity contribution in [3.8, 4) is 5.75 Å². The Bertz CT molecular complexity index is 753. The monoisotopic (exact) mass is 341 g/mol. The van der Waals surface area contributed by atoms with Crippen molar-refractivity contribution in [1.82, 2.24) is 14.9 Å². The highest BCUT2D eigenvalue weighted by Gasteiger charge is 2.32. The second-order valence-corrected chi connectivity index (χ2v) is 7.83. The summed E-state index contributed by atoms with van der Waals surface area (Å²) in [6, 6.07) is 6.94. The minimum Gasteiger partial charge on any atom is -0.487 e. The summed E-state index contributed by atoms with van der Waals surface area (Å²) >= 11 is 0. The molecule has 2 aromatic rings. The van der Waals surface area contributed by atoms with Crippen LogP contribution in [0.25, 0.3) is 0 Å². The number of nitrogens with one attached hydrogen (secondary N) is 1. The SMILES string of the molecule is Cn1cncc1[C@@H]1C[C@@H](NCc2cccc3c2OC(C)(C)C3)CCO1. The van der Waals surface area contributed by atoms with E-state index in [1.807, 2.05) is 24.1 Å². The number of hydrogen-bond donors (Lipinski definition) is 1. The highest BCUT2D eigenvalue weighted by Crippen LogP contribution is 2.37. The average molecular weight is 341 g/mol. The normalized spacial score (nSPS) is 24.8. The third kappa shape index (κ3) is 3.44. The summed E-state index contributed by atoms with van der Waals surface area (Å²) in [5.41, 5.74) is 3.63. The highest BCUT2D eigenvalue weighted by molar-refractivity contribution is 5.45. The molecule has 2 aliphatic heterocycles. The Morgan fingerprint density at radius 1 is 1.36 bits per heavy atom. The summed E-state index contributed by atoms with van der Waals surface area (Å²) in [5.74, 6) is 1.08. The van der Waals surface area contributed by atoms with Gasteiger partial charge in [0, 0.05) is 38.2 Å². The third-order valence-corrected chi connectivity index (χ3v) is 5.22. The van der Waals surface area contributed by atoms with Crippen molar-refractivity contribution in [3.63, 3.8) is 0 Å². The maximum absolute atomic E-state index is 6.18. The standard InChI is InChI=1S/C20H27N3O2/c1-20(2)10-14-5-4-6-15(19(14)25-20)11-22-16-7-8-24-18(9-16)17-12-21-13-23(17)3/h4-6,12-13,16,18,22H,7-11H2,1-3H3/t16-,18-/m0/s1. The molecule has 2 atom stereocenters. The van der Waals surface area contributed by atoms with Crippen LogP contribution in [0.1, 0.15) is 49.6 Å². The smallest absolute Gasteiger partial charge is 0.127 e. The Kier molecular flexibility index (Phi) is 4.29. The average Bonchev–Trinajstić information content (AvgIpc) is 3.14. The molecule has 0 saturated carbocycles. The molecule has 134 valence electrons. The lowest BCUT2D eigenvalue weighted by molar-refractivity contribution is -0.00408. The molecular weight excluding hydrogens is 314 g/mol. The summed E-state index contributed by atoms with van der Waals surface area (Å²) < 4.78 is 14.2. The number of benzene rings is 1.